The van der Waals surface area contributed by atoms with Crippen LogP contribution in [-0.2, 0) is 0 Å². The second kappa shape index (κ2) is 3.90. The van der Waals surface area contributed by atoms with Crippen molar-refractivity contribution in [2.45, 2.75) is 0 Å². The highest BCUT2D eigenvalue weighted by Crippen LogP contribution is 2.23. The molecule has 3 heteroatoms. The monoisotopic (exact) mass is 246 g/mol. The maximum Gasteiger partial charge on any atom is 0.133 e. The van der Waals surface area contributed by atoms with Gasteiger partial charge < -0.3 is 0 Å². The molecule has 0 radical (unpaired) electrons. The summed E-state index contributed by atoms with van der Waals surface area (Å²) in [6.07, 6.45) is 0. The average molecular weight is 247 g/mol. The Balaban J connectivity index is 3.27. The Kier molecular flexibility index (Phi) is 3.10. The summed E-state index contributed by atoms with van der Waals surface area (Å²) in [5.41, 5.74) is 2.73. The normalized spacial score (nSPS) is 9.25. The van der Waals surface area contributed by atoms with Gasteiger partial charge in [0.05, 0.1) is 5.03 Å². The first-order valence-electron chi connectivity index (χ1n) is 3.16. The summed E-state index contributed by atoms with van der Waals surface area (Å²) in [5, 5.41) is 0.194. The van der Waals surface area contributed by atoms with Gasteiger partial charge in [-0.2, -0.15) is 0 Å². The molecule has 0 aliphatic rings. The van der Waals surface area contributed by atoms with Gasteiger partial charge in [0.15, 0.2) is 0 Å². The standard InChI is InChI=1S/C9H5BrClF/c1-2-8(11)7-4-3-6(10)5-9(7)12/h3-5H,1H2. The molecule has 0 aliphatic carbocycles. The molecule has 0 spiro atoms. The van der Waals surface area contributed by atoms with Crippen LogP contribution in [-0.4, -0.2) is 0 Å². The molecule has 0 saturated carbocycles. The van der Waals surface area contributed by atoms with E-state index in [1.54, 1.807) is 12.1 Å². The molecule has 0 saturated heterocycles. The molecule has 1 rings (SSSR count). The van der Waals surface area contributed by atoms with E-state index in [-0.39, 0.29) is 10.8 Å². The molecule has 0 amide bonds. The molecule has 0 atom stereocenters. The molecule has 0 heterocycles. The maximum atomic E-state index is 13.1. The first-order chi connectivity index (χ1) is 5.65. The number of hydrogen-bond acceptors (Lipinski definition) is 0. The molecule has 0 N–H and O–H groups in total. The number of rotatable bonds is 1. The Morgan fingerprint density at radius 2 is 2.25 bits per heavy atom. The zero-order valence-corrected chi connectivity index (χ0v) is 8.41. The van der Waals surface area contributed by atoms with E-state index in [4.69, 9.17) is 11.6 Å². The van der Waals surface area contributed by atoms with Crippen molar-refractivity contribution in [3.05, 3.63) is 46.4 Å². The van der Waals surface area contributed by atoms with E-state index in [1.807, 2.05) is 0 Å². The van der Waals surface area contributed by atoms with E-state index in [0.717, 1.165) is 0 Å². The fourth-order valence-electron chi connectivity index (χ4n) is 0.763. The lowest BCUT2D eigenvalue weighted by molar-refractivity contribution is 0.624. The fraction of sp³-hybridized carbons (Fsp3) is 0. The molecular formula is C9H5BrClF. The molecule has 1 aromatic carbocycles. The molecular weight excluding hydrogens is 242 g/mol. The Bertz CT molecular complexity index is 354. The van der Waals surface area contributed by atoms with Gasteiger partial charge in [0.2, 0.25) is 0 Å². The highest BCUT2D eigenvalue weighted by atomic mass is 79.9. The zero-order valence-electron chi connectivity index (χ0n) is 6.07. The third-order valence-electron chi connectivity index (χ3n) is 1.32. The van der Waals surface area contributed by atoms with Gasteiger partial charge >= 0.3 is 0 Å². The molecule has 0 nitrogen and oxygen atoms in total. The molecule has 0 aliphatic heterocycles. The van der Waals surface area contributed by atoms with E-state index >= 15 is 0 Å². The minimum atomic E-state index is -0.384. The third kappa shape index (κ3) is 1.98. The van der Waals surface area contributed by atoms with Crippen molar-refractivity contribution in [1.29, 1.82) is 0 Å². The van der Waals surface area contributed by atoms with Gasteiger partial charge in [0, 0.05) is 10.0 Å². The maximum absolute atomic E-state index is 13.1. The largest absolute Gasteiger partial charge is 0.206 e. The smallest absolute Gasteiger partial charge is 0.133 e. The topological polar surface area (TPSA) is 0 Å². The summed E-state index contributed by atoms with van der Waals surface area (Å²) >= 11 is 8.77. The van der Waals surface area contributed by atoms with E-state index in [1.165, 1.54) is 6.07 Å². The van der Waals surface area contributed by atoms with Gasteiger partial charge in [-0.25, -0.2) is 4.39 Å². The van der Waals surface area contributed by atoms with Gasteiger partial charge in [-0.3, -0.25) is 0 Å². The summed E-state index contributed by atoms with van der Waals surface area (Å²) in [6, 6.07) is 4.62. The van der Waals surface area contributed by atoms with Crippen LogP contribution in [0.25, 0.3) is 5.03 Å². The molecule has 62 valence electrons. The van der Waals surface area contributed by atoms with Gasteiger partial charge in [0.1, 0.15) is 5.82 Å². The minimum Gasteiger partial charge on any atom is -0.206 e. The summed E-state index contributed by atoms with van der Waals surface area (Å²) in [6.45, 7) is 3.33. The zero-order chi connectivity index (χ0) is 9.14. The molecule has 1 aromatic rings. The Morgan fingerprint density at radius 3 is 2.75 bits per heavy atom. The predicted octanol–water partition coefficient (Wildman–Crippen LogP) is 3.95. The Morgan fingerprint density at radius 1 is 1.58 bits per heavy atom. The SMILES string of the molecule is C=C=C(Cl)c1ccc(Br)cc1F. The lowest BCUT2D eigenvalue weighted by Gasteiger charge is -1.98. The van der Waals surface area contributed by atoms with Gasteiger partial charge in [-0.05, 0) is 18.2 Å². The van der Waals surface area contributed by atoms with Crippen LogP contribution in [0.2, 0.25) is 0 Å². The van der Waals surface area contributed by atoms with Crippen LogP contribution in [0.3, 0.4) is 0 Å². The van der Waals surface area contributed by atoms with Gasteiger partial charge in [-0.1, -0.05) is 34.1 Å². The van der Waals surface area contributed by atoms with E-state index in [0.29, 0.717) is 10.0 Å². The Hall–Kier alpha value is -0.560. The quantitative estimate of drug-likeness (QED) is 0.659. The minimum absolute atomic E-state index is 0.194. The second-order valence-electron chi connectivity index (χ2n) is 2.11. The van der Waals surface area contributed by atoms with Crippen LogP contribution in [0.1, 0.15) is 5.56 Å². The molecule has 0 bridgehead atoms. The lowest BCUT2D eigenvalue weighted by atomic mass is 10.2. The van der Waals surface area contributed by atoms with Crippen LogP contribution >= 0.6 is 27.5 Å². The van der Waals surface area contributed by atoms with Crippen molar-refractivity contribution in [3.8, 4) is 0 Å². The van der Waals surface area contributed by atoms with E-state index in [9.17, 15) is 4.39 Å². The number of halogens is 3. The van der Waals surface area contributed by atoms with Gasteiger partial charge in [0.25, 0.3) is 0 Å². The number of benzene rings is 1. The third-order valence-corrected chi connectivity index (χ3v) is 2.15. The van der Waals surface area contributed by atoms with Crippen molar-refractivity contribution < 1.29 is 4.39 Å². The Labute approximate surface area is 83.5 Å². The number of hydrogen-bond donors (Lipinski definition) is 0. The van der Waals surface area contributed by atoms with Crippen LogP contribution in [0, 0.1) is 5.82 Å². The summed E-state index contributed by atoms with van der Waals surface area (Å²) in [7, 11) is 0. The van der Waals surface area contributed by atoms with Crippen LogP contribution in [0.15, 0.2) is 35.0 Å². The molecule has 12 heavy (non-hydrogen) atoms. The van der Waals surface area contributed by atoms with Crippen molar-refractivity contribution in [2.75, 3.05) is 0 Å². The van der Waals surface area contributed by atoms with E-state index in [2.05, 4.69) is 28.2 Å². The van der Waals surface area contributed by atoms with Crippen LogP contribution in [0.4, 0.5) is 4.39 Å². The summed E-state index contributed by atoms with van der Waals surface area (Å²) < 4.78 is 13.8. The highest BCUT2D eigenvalue weighted by molar-refractivity contribution is 9.10. The van der Waals surface area contributed by atoms with Crippen LogP contribution in [0.5, 0.6) is 0 Å². The van der Waals surface area contributed by atoms with Crippen LogP contribution < -0.4 is 0 Å². The molecule has 0 fully saturated rings. The van der Waals surface area contributed by atoms with Crippen molar-refractivity contribution in [2.24, 2.45) is 0 Å². The fourth-order valence-corrected chi connectivity index (χ4v) is 1.25. The average Bonchev–Trinajstić information content (AvgIpc) is 2.03. The summed E-state index contributed by atoms with van der Waals surface area (Å²) in [4.78, 5) is 0. The molecule has 0 unspecified atom stereocenters. The van der Waals surface area contributed by atoms with Gasteiger partial charge in [-0.15, -0.1) is 5.73 Å². The first kappa shape index (κ1) is 9.53. The summed E-state index contributed by atoms with van der Waals surface area (Å²) in [5.74, 6) is -0.384. The van der Waals surface area contributed by atoms with Crippen molar-refractivity contribution >= 4 is 32.6 Å². The first-order valence-corrected chi connectivity index (χ1v) is 4.33. The molecule has 0 aromatic heterocycles. The van der Waals surface area contributed by atoms with Crippen molar-refractivity contribution in [3.63, 3.8) is 0 Å². The predicted molar refractivity (Wildman–Crippen MR) is 52.5 cm³/mol. The van der Waals surface area contributed by atoms with E-state index < -0.39 is 0 Å². The lowest BCUT2D eigenvalue weighted by Crippen LogP contribution is -1.83. The second-order valence-corrected chi connectivity index (χ2v) is 3.41. The highest BCUT2D eigenvalue weighted by Gasteiger charge is 2.04. The van der Waals surface area contributed by atoms with Crippen molar-refractivity contribution in [1.82, 2.24) is 0 Å².